The van der Waals surface area contributed by atoms with Gasteiger partial charge in [0, 0.05) is 24.2 Å². The zero-order valence-corrected chi connectivity index (χ0v) is 17.4. The molecule has 6 nitrogen and oxygen atoms in total. The third-order valence-corrected chi connectivity index (χ3v) is 7.57. The van der Waals surface area contributed by atoms with Gasteiger partial charge in [0.15, 0.2) is 0 Å². The van der Waals surface area contributed by atoms with Crippen molar-refractivity contribution in [2.45, 2.75) is 22.8 Å². The van der Waals surface area contributed by atoms with Crippen molar-refractivity contribution in [3.8, 4) is 0 Å². The molecule has 1 aromatic heterocycles. The molecule has 29 heavy (non-hydrogen) atoms. The number of pyridine rings is 1. The van der Waals surface area contributed by atoms with E-state index in [4.69, 9.17) is 0 Å². The summed E-state index contributed by atoms with van der Waals surface area (Å²) in [5.74, 6) is -0.0188. The summed E-state index contributed by atoms with van der Waals surface area (Å²) < 4.78 is 26.9. The highest BCUT2D eigenvalue weighted by atomic mass is 32.2. The monoisotopic (exact) mass is 427 g/mol. The van der Waals surface area contributed by atoms with E-state index in [1.54, 1.807) is 18.2 Å². The number of fused-ring (bicyclic) bond motifs is 1. The molecule has 0 saturated carbocycles. The van der Waals surface area contributed by atoms with Crippen molar-refractivity contribution in [1.82, 2.24) is 9.29 Å². The second-order valence-corrected chi connectivity index (χ2v) is 9.75. The Hall–Kier alpha value is -2.42. The van der Waals surface area contributed by atoms with Gasteiger partial charge in [-0.05, 0) is 43.2 Å². The summed E-state index contributed by atoms with van der Waals surface area (Å²) in [5.41, 5.74) is 1.36. The van der Waals surface area contributed by atoms with E-state index in [0.717, 1.165) is 28.8 Å². The number of amides is 1. The Morgan fingerprint density at radius 1 is 1.03 bits per heavy atom. The van der Waals surface area contributed by atoms with Crippen LogP contribution in [-0.2, 0) is 14.8 Å². The molecule has 2 aromatic carbocycles. The molecule has 1 saturated heterocycles. The number of para-hydroxylation sites is 1. The van der Waals surface area contributed by atoms with Gasteiger partial charge in [0.1, 0.15) is 0 Å². The van der Waals surface area contributed by atoms with E-state index in [2.05, 4.69) is 10.3 Å². The quantitative estimate of drug-likeness (QED) is 0.606. The Labute approximate surface area is 174 Å². The van der Waals surface area contributed by atoms with Crippen LogP contribution in [0.25, 0.3) is 10.9 Å². The first-order valence-electron chi connectivity index (χ1n) is 9.41. The van der Waals surface area contributed by atoms with Gasteiger partial charge in [-0.15, -0.1) is 0 Å². The van der Waals surface area contributed by atoms with Crippen molar-refractivity contribution < 1.29 is 13.2 Å². The van der Waals surface area contributed by atoms with E-state index in [9.17, 15) is 13.2 Å². The Bertz CT molecular complexity index is 1140. The molecule has 2 heterocycles. The average molecular weight is 428 g/mol. The molecule has 1 fully saturated rings. The van der Waals surface area contributed by atoms with Crippen LogP contribution < -0.4 is 5.32 Å². The molecular formula is C21H21N3O3S2. The Kier molecular flexibility index (Phi) is 5.84. The maximum Gasteiger partial charge on any atom is 0.243 e. The standard InChI is InChI=1S/C21H21N3O3S2/c25-20(15-28-21-11-10-16-6-1-2-9-19(16)23-21)22-17-7-5-8-18(14-17)29(26,27)24-12-3-4-13-24/h1-2,5-11,14H,3-4,12-13,15H2,(H,22,25). The Morgan fingerprint density at radius 3 is 2.66 bits per heavy atom. The van der Waals surface area contributed by atoms with E-state index >= 15 is 0 Å². The van der Waals surface area contributed by atoms with Crippen LogP contribution >= 0.6 is 11.8 Å². The fourth-order valence-electron chi connectivity index (χ4n) is 3.28. The number of anilines is 1. The molecule has 1 aliphatic rings. The topological polar surface area (TPSA) is 79.4 Å². The average Bonchev–Trinajstić information content (AvgIpc) is 3.28. The van der Waals surface area contributed by atoms with Crippen LogP contribution in [0.3, 0.4) is 0 Å². The maximum atomic E-state index is 12.7. The first-order valence-corrected chi connectivity index (χ1v) is 11.8. The van der Waals surface area contributed by atoms with Crippen molar-refractivity contribution in [2.75, 3.05) is 24.2 Å². The molecule has 3 aromatic rings. The highest BCUT2D eigenvalue weighted by Gasteiger charge is 2.27. The minimum atomic E-state index is -3.51. The smallest absolute Gasteiger partial charge is 0.243 e. The summed E-state index contributed by atoms with van der Waals surface area (Å²) >= 11 is 1.34. The SMILES string of the molecule is O=C(CSc1ccc2ccccc2n1)Nc1cccc(S(=O)(=O)N2CCCC2)c1. The number of carbonyl (C=O) groups excluding carboxylic acids is 1. The van der Waals surface area contributed by atoms with Crippen LogP contribution in [0.1, 0.15) is 12.8 Å². The summed E-state index contributed by atoms with van der Waals surface area (Å²) in [6, 6.07) is 18.1. The number of sulfonamides is 1. The first-order chi connectivity index (χ1) is 14.0. The fraction of sp³-hybridized carbons (Fsp3) is 0.238. The summed E-state index contributed by atoms with van der Waals surface area (Å²) in [7, 11) is -3.51. The van der Waals surface area contributed by atoms with Crippen LogP contribution in [0.15, 0.2) is 70.6 Å². The molecule has 1 aliphatic heterocycles. The second-order valence-electron chi connectivity index (χ2n) is 6.82. The lowest BCUT2D eigenvalue weighted by atomic mass is 10.2. The number of nitrogens with one attached hydrogen (secondary N) is 1. The molecule has 0 bridgehead atoms. The van der Waals surface area contributed by atoms with Gasteiger partial charge < -0.3 is 5.32 Å². The van der Waals surface area contributed by atoms with Crippen molar-refractivity contribution in [2.24, 2.45) is 0 Å². The van der Waals surface area contributed by atoms with E-state index in [-0.39, 0.29) is 16.6 Å². The van der Waals surface area contributed by atoms with Gasteiger partial charge >= 0.3 is 0 Å². The van der Waals surface area contributed by atoms with E-state index in [0.29, 0.717) is 18.8 Å². The minimum Gasteiger partial charge on any atom is -0.325 e. The fourth-order valence-corrected chi connectivity index (χ4v) is 5.52. The molecule has 0 atom stereocenters. The molecule has 1 N–H and O–H groups in total. The Morgan fingerprint density at radius 2 is 1.83 bits per heavy atom. The van der Waals surface area contributed by atoms with Gasteiger partial charge in [-0.1, -0.05) is 42.1 Å². The lowest BCUT2D eigenvalue weighted by Gasteiger charge is -2.16. The number of hydrogen-bond donors (Lipinski definition) is 1. The molecule has 0 aliphatic carbocycles. The minimum absolute atomic E-state index is 0.189. The number of aromatic nitrogens is 1. The van der Waals surface area contributed by atoms with Gasteiger partial charge in [0.25, 0.3) is 0 Å². The maximum absolute atomic E-state index is 12.7. The second kappa shape index (κ2) is 8.52. The van der Waals surface area contributed by atoms with Gasteiger partial charge in [-0.3, -0.25) is 4.79 Å². The predicted molar refractivity (Wildman–Crippen MR) is 116 cm³/mol. The molecule has 0 radical (unpaired) electrons. The van der Waals surface area contributed by atoms with Gasteiger partial charge in [0.05, 0.1) is 21.2 Å². The third-order valence-electron chi connectivity index (χ3n) is 4.74. The van der Waals surface area contributed by atoms with E-state index in [1.165, 1.54) is 22.1 Å². The van der Waals surface area contributed by atoms with Crippen LogP contribution in [0.5, 0.6) is 0 Å². The molecular weight excluding hydrogens is 406 g/mol. The highest BCUT2D eigenvalue weighted by molar-refractivity contribution is 7.99. The highest BCUT2D eigenvalue weighted by Crippen LogP contribution is 2.24. The number of thioether (sulfide) groups is 1. The molecule has 150 valence electrons. The van der Waals surface area contributed by atoms with Crippen LogP contribution in [0.2, 0.25) is 0 Å². The molecule has 4 rings (SSSR count). The number of hydrogen-bond acceptors (Lipinski definition) is 5. The van der Waals surface area contributed by atoms with E-state index < -0.39 is 10.0 Å². The lowest BCUT2D eigenvalue weighted by Crippen LogP contribution is -2.28. The van der Waals surface area contributed by atoms with E-state index in [1.807, 2.05) is 36.4 Å². The van der Waals surface area contributed by atoms with Gasteiger partial charge in [0.2, 0.25) is 15.9 Å². The Balaban J connectivity index is 1.40. The van der Waals surface area contributed by atoms with Gasteiger partial charge in [-0.25, -0.2) is 13.4 Å². The van der Waals surface area contributed by atoms with Crippen molar-refractivity contribution in [3.05, 3.63) is 60.7 Å². The predicted octanol–water partition coefficient (Wildman–Crippen LogP) is 3.75. The molecule has 1 amide bonds. The van der Waals surface area contributed by atoms with Crippen molar-refractivity contribution >= 4 is 44.3 Å². The summed E-state index contributed by atoms with van der Waals surface area (Å²) in [6.07, 6.45) is 1.77. The molecule has 8 heteroatoms. The largest absolute Gasteiger partial charge is 0.325 e. The number of nitrogens with zero attached hydrogens (tertiary/aromatic N) is 2. The molecule has 0 unspecified atom stereocenters. The third kappa shape index (κ3) is 4.60. The lowest BCUT2D eigenvalue weighted by molar-refractivity contribution is -0.113. The normalized spacial score (nSPS) is 14.9. The van der Waals surface area contributed by atoms with Gasteiger partial charge in [-0.2, -0.15) is 4.31 Å². The summed E-state index contributed by atoms with van der Waals surface area (Å²) in [4.78, 5) is 17.1. The molecule has 0 spiro atoms. The van der Waals surface area contributed by atoms with Crippen molar-refractivity contribution in [1.29, 1.82) is 0 Å². The summed E-state index contributed by atoms with van der Waals surface area (Å²) in [6.45, 7) is 1.10. The number of rotatable bonds is 6. The van der Waals surface area contributed by atoms with Crippen LogP contribution in [0.4, 0.5) is 5.69 Å². The zero-order chi connectivity index (χ0) is 20.3. The van der Waals surface area contributed by atoms with Crippen molar-refractivity contribution in [3.63, 3.8) is 0 Å². The summed E-state index contributed by atoms with van der Waals surface area (Å²) in [5, 5.41) is 4.60. The van der Waals surface area contributed by atoms with Crippen LogP contribution in [-0.4, -0.2) is 42.5 Å². The first kappa shape index (κ1) is 19.9. The van der Waals surface area contributed by atoms with Crippen LogP contribution in [0, 0.1) is 0 Å². The zero-order valence-electron chi connectivity index (χ0n) is 15.7. The number of benzene rings is 2. The number of carbonyl (C=O) groups is 1.